The summed E-state index contributed by atoms with van der Waals surface area (Å²) in [6.45, 7) is 6.56. The van der Waals surface area contributed by atoms with Crippen LogP contribution >= 0.6 is 0 Å². The van der Waals surface area contributed by atoms with Crippen LogP contribution < -0.4 is 5.73 Å². The minimum absolute atomic E-state index is 0.161. The highest BCUT2D eigenvalue weighted by molar-refractivity contribution is 5.92. The highest BCUT2D eigenvalue weighted by atomic mass is 16.1. The van der Waals surface area contributed by atoms with Gasteiger partial charge in [0.15, 0.2) is 5.78 Å². The predicted molar refractivity (Wildman–Crippen MR) is 70.0 cm³/mol. The molecule has 0 saturated heterocycles. The SMILES string of the molecule is CC(C)(C)c1ccc(CC(=O)C2(N)CC2)cc1. The van der Waals surface area contributed by atoms with Gasteiger partial charge >= 0.3 is 0 Å². The standard InChI is InChI=1S/C15H21NO/c1-14(2,3)12-6-4-11(5-7-12)10-13(17)15(16)8-9-15/h4-7H,8-10,16H2,1-3H3. The van der Waals surface area contributed by atoms with Gasteiger partial charge in [0.05, 0.1) is 5.54 Å². The fourth-order valence-electron chi connectivity index (χ4n) is 1.90. The van der Waals surface area contributed by atoms with Gasteiger partial charge in [0.25, 0.3) is 0 Å². The Balaban J connectivity index is 2.06. The number of carbonyl (C=O) groups is 1. The number of benzene rings is 1. The monoisotopic (exact) mass is 231 g/mol. The van der Waals surface area contributed by atoms with Crippen molar-refractivity contribution in [3.05, 3.63) is 35.4 Å². The maximum absolute atomic E-state index is 11.9. The largest absolute Gasteiger partial charge is 0.319 e. The Hall–Kier alpha value is -1.15. The summed E-state index contributed by atoms with van der Waals surface area (Å²) in [6, 6.07) is 8.31. The molecule has 1 aromatic carbocycles. The van der Waals surface area contributed by atoms with Crippen LogP contribution in [0.2, 0.25) is 0 Å². The summed E-state index contributed by atoms with van der Waals surface area (Å²) in [5.74, 6) is 0.181. The van der Waals surface area contributed by atoms with E-state index in [1.165, 1.54) is 5.56 Å². The molecule has 92 valence electrons. The molecule has 2 rings (SSSR count). The summed E-state index contributed by atoms with van der Waals surface area (Å²) in [5, 5.41) is 0. The average Bonchev–Trinajstić information content (AvgIpc) is 2.97. The molecule has 1 aliphatic rings. The van der Waals surface area contributed by atoms with Gasteiger partial charge in [0.1, 0.15) is 0 Å². The number of carbonyl (C=O) groups excluding carboxylic acids is 1. The van der Waals surface area contributed by atoms with E-state index in [1.807, 2.05) is 12.1 Å². The van der Waals surface area contributed by atoms with Crippen molar-refractivity contribution in [2.45, 2.75) is 51.0 Å². The number of ketones is 1. The summed E-state index contributed by atoms with van der Waals surface area (Å²) < 4.78 is 0. The molecule has 0 aromatic heterocycles. The molecule has 0 spiro atoms. The van der Waals surface area contributed by atoms with E-state index in [1.54, 1.807) is 0 Å². The molecule has 0 aliphatic heterocycles. The second-order valence-corrected chi connectivity index (χ2v) is 6.20. The maximum Gasteiger partial charge on any atom is 0.156 e. The van der Waals surface area contributed by atoms with Crippen LogP contribution in [0.3, 0.4) is 0 Å². The Morgan fingerprint density at radius 3 is 2.18 bits per heavy atom. The van der Waals surface area contributed by atoms with Gasteiger partial charge < -0.3 is 5.73 Å². The van der Waals surface area contributed by atoms with Crippen LogP contribution in [-0.4, -0.2) is 11.3 Å². The number of hydrogen-bond acceptors (Lipinski definition) is 2. The van der Waals surface area contributed by atoms with E-state index in [0.29, 0.717) is 6.42 Å². The molecule has 2 nitrogen and oxygen atoms in total. The Morgan fingerprint density at radius 1 is 1.24 bits per heavy atom. The summed E-state index contributed by atoms with van der Waals surface area (Å²) in [6.07, 6.45) is 2.18. The zero-order valence-electron chi connectivity index (χ0n) is 10.9. The Bertz CT molecular complexity index is 421. The highest BCUT2D eigenvalue weighted by Gasteiger charge is 2.44. The first-order valence-electron chi connectivity index (χ1n) is 6.23. The van der Waals surface area contributed by atoms with Gasteiger partial charge in [0.2, 0.25) is 0 Å². The molecule has 1 aliphatic carbocycles. The van der Waals surface area contributed by atoms with Gasteiger partial charge in [-0.2, -0.15) is 0 Å². The van der Waals surface area contributed by atoms with Crippen molar-refractivity contribution in [2.75, 3.05) is 0 Å². The van der Waals surface area contributed by atoms with Crippen molar-refractivity contribution in [3.63, 3.8) is 0 Å². The fraction of sp³-hybridized carbons (Fsp3) is 0.533. The normalized spacial score (nSPS) is 17.9. The minimum atomic E-state index is -0.497. The zero-order valence-corrected chi connectivity index (χ0v) is 10.9. The fourth-order valence-corrected chi connectivity index (χ4v) is 1.90. The molecule has 0 unspecified atom stereocenters. The number of rotatable bonds is 3. The second kappa shape index (κ2) is 3.95. The van der Waals surface area contributed by atoms with Crippen LogP contribution in [-0.2, 0) is 16.6 Å². The van der Waals surface area contributed by atoms with E-state index in [0.717, 1.165) is 18.4 Å². The molecule has 1 aromatic rings. The lowest BCUT2D eigenvalue weighted by Crippen LogP contribution is -2.34. The molecule has 2 heteroatoms. The van der Waals surface area contributed by atoms with E-state index < -0.39 is 5.54 Å². The van der Waals surface area contributed by atoms with Gasteiger partial charge in [-0.15, -0.1) is 0 Å². The number of Topliss-reactive ketones (excluding diaryl/α,β-unsaturated/α-hetero) is 1. The lowest BCUT2D eigenvalue weighted by atomic mass is 9.86. The first kappa shape index (κ1) is 12.3. The molecule has 0 amide bonds. The Morgan fingerprint density at radius 2 is 1.76 bits per heavy atom. The van der Waals surface area contributed by atoms with Crippen LogP contribution in [0.25, 0.3) is 0 Å². The first-order chi connectivity index (χ1) is 7.81. The van der Waals surface area contributed by atoms with E-state index in [2.05, 4.69) is 32.9 Å². The van der Waals surface area contributed by atoms with Crippen LogP contribution in [0, 0.1) is 0 Å². The highest BCUT2D eigenvalue weighted by Crippen LogP contribution is 2.34. The summed E-state index contributed by atoms with van der Waals surface area (Å²) in [7, 11) is 0. The maximum atomic E-state index is 11.9. The van der Waals surface area contributed by atoms with Gasteiger partial charge in [-0.05, 0) is 29.4 Å². The van der Waals surface area contributed by atoms with Gasteiger partial charge in [-0.1, -0.05) is 45.0 Å². The minimum Gasteiger partial charge on any atom is -0.319 e. The van der Waals surface area contributed by atoms with Crippen LogP contribution in [0.4, 0.5) is 0 Å². The lowest BCUT2D eigenvalue weighted by Gasteiger charge is -2.19. The van der Waals surface area contributed by atoms with Crippen LogP contribution in [0.5, 0.6) is 0 Å². The predicted octanol–water partition coefficient (Wildman–Crippen LogP) is 2.59. The topological polar surface area (TPSA) is 43.1 Å². The van der Waals surface area contributed by atoms with Gasteiger partial charge in [-0.3, -0.25) is 4.79 Å². The zero-order chi connectivity index (χ0) is 12.7. The van der Waals surface area contributed by atoms with Crippen molar-refractivity contribution >= 4 is 5.78 Å². The summed E-state index contributed by atoms with van der Waals surface area (Å²) >= 11 is 0. The van der Waals surface area contributed by atoms with Crippen molar-refractivity contribution in [2.24, 2.45) is 5.73 Å². The molecule has 0 atom stereocenters. The van der Waals surface area contributed by atoms with Gasteiger partial charge in [-0.25, -0.2) is 0 Å². The van der Waals surface area contributed by atoms with E-state index in [4.69, 9.17) is 5.73 Å². The van der Waals surface area contributed by atoms with Crippen LogP contribution in [0.1, 0.15) is 44.7 Å². The third-order valence-electron chi connectivity index (χ3n) is 3.53. The average molecular weight is 231 g/mol. The third-order valence-corrected chi connectivity index (χ3v) is 3.53. The second-order valence-electron chi connectivity index (χ2n) is 6.20. The quantitative estimate of drug-likeness (QED) is 0.869. The molecule has 1 fully saturated rings. The van der Waals surface area contributed by atoms with Crippen molar-refractivity contribution in [1.29, 1.82) is 0 Å². The van der Waals surface area contributed by atoms with Crippen molar-refractivity contribution in [3.8, 4) is 0 Å². The molecular formula is C15H21NO. The molecule has 2 N–H and O–H groups in total. The van der Waals surface area contributed by atoms with Gasteiger partial charge in [0, 0.05) is 6.42 Å². The summed E-state index contributed by atoms with van der Waals surface area (Å²) in [4.78, 5) is 11.9. The van der Waals surface area contributed by atoms with Crippen molar-refractivity contribution in [1.82, 2.24) is 0 Å². The van der Waals surface area contributed by atoms with Crippen molar-refractivity contribution < 1.29 is 4.79 Å². The Kier molecular flexibility index (Phi) is 2.86. The molecule has 0 bridgehead atoms. The van der Waals surface area contributed by atoms with E-state index in [-0.39, 0.29) is 11.2 Å². The number of nitrogens with two attached hydrogens (primary N) is 1. The Labute approximate surface area is 103 Å². The van der Waals surface area contributed by atoms with E-state index >= 15 is 0 Å². The third kappa shape index (κ3) is 2.75. The summed E-state index contributed by atoms with van der Waals surface area (Å²) in [5.41, 5.74) is 7.91. The molecule has 1 saturated carbocycles. The van der Waals surface area contributed by atoms with Crippen LogP contribution in [0.15, 0.2) is 24.3 Å². The molecular weight excluding hydrogens is 210 g/mol. The molecule has 17 heavy (non-hydrogen) atoms. The lowest BCUT2D eigenvalue weighted by molar-refractivity contribution is -0.120. The molecule has 0 heterocycles. The smallest absolute Gasteiger partial charge is 0.156 e. The molecule has 0 radical (unpaired) electrons. The number of hydrogen-bond donors (Lipinski definition) is 1. The van der Waals surface area contributed by atoms with E-state index in [9.17, 15) is 4.79 Å². The first-order valence-corrected chi connectivity index (χ1v) is 6.23.